The van der Waals surface area contributed by atoms with Crippen molar-refractivity contribution in [3.63, 3.8) is 0 Å². The monoisotopic (exact) mass is 316 g/mol. The lowest BCUT2D eigenvalue weighted by atomic mass is 10.1. The van der Waals surface area contributed by atoms with E-state index in [0.717, 1.165) is 6.07 Å². The molecule has 1 rings (SSSR count). The molecule has 7 nitrogen and oxygen atoms in total. The Labute approximate surface area is 110 Å². The summed E-state index contributed by atoms with van der Waals surface area (Å²) in [5.41, 5.74) is -0.285. The number of rotatable bonds is 3. The molecule has 1 amide bonds. The van der Waals surface area contributed by atoms with E-state index < -0.39 is 16.8 Å². The molecule has 96 valence electrons. The molecule has 1 N–H and O–H groups in total. The number of halogens is 1. The summed E-state index contributed by atoms with van der Waals surface area (Å²) in [6.07, 6.45) is 0. The summed E-state index contributed by atoms with van der Waals surface area (Å²) in [5.74, 6) is -1.14. The number of carbonyl (C=O) groups is 2. The molecule has 0 aliphatic carbocycles. The number of esters is 1. The second-order valence-corrected chi connectivity index (χ2v) is 4.13. The number of nitrogens with one attached hydrogen (secondary N) is 1. The van der Waals surface area contributed by atoms with Gasteiger partial charge in [-0.1, -0.05) is 0 Å². The molecular formula is C10H9BrN2O5. The van der Waals surface area contributed by atoms with E-state index >= 15 is 0 Å². The van der Waals surface area contributed by atoms with E-state index in [1.807, 2.05) is 0 Å². The largest absolute Gasteiger partial charge is 0.465 e. The van der Waals surface area contributed by atoms with Gasteiger partial charge in [-0.05, 0) is 22.0 Å². The van der Waals surface area contributed by atoms with Crippen LogP contribution in [0.4, 0.5) is 11.4 Å². The second kappa shape index (κ2) is 5.58. The van der Waals surface area contributed by atoms with Crippen molar-refractivity contribution in [3.05, 3.63) is 32.3 Å². The van der Waals surface area contributed by atoms with Gasteiger partial charge in [0, 0.05) is 17.5 Å². The topological polar surface area (TPSA) is 98.5 Å². The number of anilines is 1. The smallest absolute Gasteiger partial charge is 0.339 e. The van der Waals surface area contributed by atoms with Crippen LogP contribution in [0.2, 0.25) is 0 Å². The molecule has 1 aromatic carbocycles. The van der Waals surface area contributed by atoms with Gasteiger partial charge in [0.25, 0.3) is 5.69 Å². The van der Waals surface area contributed by atoms with Crippen molar-refractivity contribution in [2.45, 2.75) is 6.92 Å². The van der Waals surface area contributed by atoms with Gasteiger partial charge in [-0.25, -0.2) is 4.79 Å². The van der Waals surface area contributed by atoms with Gasteiger partial charge >= 0.3 is 5.97 Å². The Hall–Kier alpha value is -1.96. The van der Waals surface area contributed by atoms with Crippen molar-refractivity contribution in [1.82, 2.24) is 0 Å². The number of benzene rings is 1. The van der Waals surface area contributed by atoms with Crippen LogP contribution < -0.4 is 5.32 Å². The van der Waals surface area contributed by atoms with Gasteiger partial charge in [0.1, 0.15) is 5.69 Å². The Bertz CT molecular complexity index is 529. The molecule has 0 aliphatic rings. The van der Waals surface area contributed by atoms with Crippen LogP contribution >= 0.6 is 15.9 Å². The minimum Gasteiger partial charge on any atom is -0.465 e. The first-order chi connectivity index (χ1) is 8.36. The maximum Gasteiger partial charge on any atom is 0.339 e. The Morgan fingerprint density at radius 3 is 2.50 bits per heavy atom. The van der Waals surface area contributed by atoms with Crippen molar-refractivity contribution in [2.24, 2.45) is 0 Å². The van der Waals surface area contributed by atoms with Crippen molar-refractivity contribution in [2.75, 3.05) is 12.4 Å². The van der Waals surface area contributed by atoms with Gasteiger partial charge in [0.2, 0.25) is 5.91 Å². The van der Waals surface area contributed by atoms with Crippen LogP contribution in [0, 0.1) is 10.1 Å². The molecule has 0 aromatic heterocycles. The summed E-state index contributed by atoms with van der Waals surface area (Å²) < 4.78 is 4.74. The molecule has 0 spiro atoms. The SMILES string of the molecule is COC(=O)c1cc(NC(C)=O)c([N+](=O)[O-])cc1Br. The summed E-state index contributed by atoms with van der Waals surface area (Å²) in [6.45, 7) is 1.21. The first-order valence-corrected chi connectivity index (χ1v) is 5.50. The number of nitro groups is 1. The van der Waals surface area contributed by atoms with Crippen LogP contribution in [0.1, 0.15) is 17.3 Å². The molecule has 0 radical (unpaired) electrons. The number of hydrogen-bond acceptors (Lipinski definition) is 5. The predicted octanol–water partition coefficient (Wildman–Crippen LogP) is 2.10. The zero-order chi connectivity index (χ0) is 13.9. The van der Waals surface area contributed by atoms with Crippen LogP contribution in [0.15, 0.2) is 16.6 Å². The van der Waals surface area contributed by atoms with Gasteiger partial charge in [0.15, 0.2) is 0 Å². The van der Waals surface area contributed by atoms with Crippen molar-refractivity contribution < 1.29 is 19.2 Å². The zero-order valence-electron chi connectivity index (χ0n) is 9.52. The Morgan fingerprint density at radius 2 is 2.06 bits per heavy atom. The van der Waals surface area contributed by atoms with E-state index in [9.17, 15) is 19.7 Å². The van der Waals surface area contributed by atoms with E-state index in [1.165, 1.54) is 20.1 Å². The number of methoxy groups -OCH3 is 1. The molecule has 0 atom stereocenters. The summed E-state index contributed by atoms with van der Waals surface area (Å²) in [4.78, 5) is 32.5. The first-order valence-electron chi connectivity index (χ1n) is 4.70. The maximum absolute atomic E-state index is 11.4. The highest BCUT2D eigenvalue weighted by molar-refractivity contribution is 9.10. The summed E-state index contributed by atoms with van der Waals surface area (Å²) in [5, 5.41) is 13.1. The van der Waals surface area contributed by atoms with Gasteiger partial charge in [0.05, 0.1) is 17.6 Å². The Morgan fingerprint density at radius 1 is 1.44 bits per heavy atom. The fourth-order valence-electron chi connectivity index (χ4n) is 1.27. The van der Waals surface area contributed by atoms with Crippen molar-refractivity contribution in [3.8, 4) is 0 Å². The predicted molar refractivity (Wildman–Crippen MR) is 66.4 cm³/mol. The Kier molecular flexibility index (Phi) is 4.38. The molecular weight excluding hydrogens is 308 g/mol. The fourth-order valence-corrected chi connectivity index (χ4v) is 1.76. The van der Waals surface area contributed by atoms with E-state index in [1.54, 1.807) is 0 Å². The van der Waals surface area contributed by atoms with Crippen LogP contribution in [-0.2, 0) is 9.53 Å². The number of hydrogen-bond donors (Lipinski definition) is 1. The third-order valence-corrected chi connectivity index (χ3v) is 2.65. The Balaban J connectivity index is 3.39. The van der Waals surface area contributed by atoms with E-state index in [-0.39, 0.29) is 21.4 Å². The molecule has 1 aromatic rings. The molecule has 8 heteroatoms. The van der Waals surface area contributed by atoms with Gasteiger partial charge < -0.3 is 10.1 Å². The average Bonchev–Trinajstić information content (AvgIpc) is 2.29. The standard InChI is InChI=1S/C10H9BrN2O5/c1-5(14)12-8-3-6(10(15)18-2)7(11)4-9(8)13(16)17/h3-4H,1-2H3,(H,12,14). The van der Waals surface area contributed by atoms with Crippen LogP contribution in [-0.4, -0.2) is 23.9 Å². The normalized spacial score (nSPS) is 9.72. The number of nitrogens with zero attached hydrogens (tertiary/aromatic N) is 1. The summed E-state index contributed by atoms with van der Waals surface area (Å²) in [7, 11) is 1.19. The van der Waals surface area contributed by atoms with Crippen LogP contribution in [0.5, 0.6) is 0 Å². The van der Waals surface area contributed by atoms with Gasteiger partial charge in [-0.15, -0.1) is 0 Å². The number of nitro benzene ring substituents is 1. The minimum absolute atomic E-state index is 0.0592. The molecule has 0 saturated carbocycles. The third kappa shape index (κ3) is 3.04. The molecule has 0 bridgehead atoms. The van der Waals surface area contributed by atoms with Gasteiger partial charge in [-0.2, -0.15) is 0 Å². The molecule has 0 fully saturated rings. The first kappa shape index (κ1) is 14.1. The minimum atomic E-state index is -0.664. The molecule has 0 aliphatic heterocycles. The number of carbonyl (C=O) groups excluding carboxylic acids is 2. The fraction of sp³-hybridized carbons (Fsp3) is 0.200. The molecule has 18 heavy (non-hydrogen) atoms. The average molecular weight is 317 g/mol. The van der Waals surface area contributed by atoms with Crippen molar-refractivity contribution in [1.29, 1.82) is 0 Å². The highest BCUT2D eigenvalue weighted by Crippen LogP contribution is 2.31. The lowest BCUT2D eigenvalue weighted by Gasteiger charge is -2.07. The lowest BCUT2D eigenvalue weighted by Crippen LogP contribution is -2.10. The van der Waals surface area contributed by atoms with E-state index in [2.05, 4.69) is 26.0 Å². The summed E-state index contributed by atoms with van der Waals surface area (Å²) in [6, 6.07) is 2.33. The van der Waals surface area contributed by atoms with E-state index in [4.69, 9.17) is 0 Å². The second-order valence-electron chi connectivity index (χ2n) is 3.28. The highest BCUT2D eigenvalue weighted by atomic mass is 79.9. The number of ether oxygens (including phenoxy) is 1. The highest BCUT2D eigenvalue weighted by Gasteiger charge is 2.21. The van der Waals surface area contributed by atoms with Gasteiger partial charge in [-0.3, -0.25) is 14.9 Å². The third-order valence-electron chi connectivity index (χ3n) is 2.00. The maximum atomic E-state index is 11.4. The van der Waals surface area contributed by atoms with Crippen LogP contribution in [0.3, 0.4) is 0 Å². The molecule has 0 heterocycles. The zero-order valence-corrected chi connectivity index (χ0v) is 11.1. The number of amides is 1. The molecule has 0 saturated heterocycles. The van der Waals surface area contributed by atoms with E-state index in [0.29, 0.717) is 0 Å². The summed E-state index contributed by atoms with van der Waals surface area (Å²) >= 11 is 3.04. The van der Waals surface area contributed by atoms with Crippen molar-refractivity contribution >= 4 is 39.2 Å². The lowest BCUT2D eigenvalue weighted by molar-refractivity contribution is -0.384. The quantitative estimate of drug-likeness (QED) is 0.523. The van der Waals surface area contributed by atoms with Crippen LogP contribution in [0.25, 0.3) is 0 Å². The molecule has 0 unspecified atom stereocenters.